The molecule has 2 aromatic rings. The average Bonchev–Trinajstić information content (AvgIpc) is 2.93. The molecule has 1 atom stereocenters. The Labute approximate surface area is 119 Å². The maximum absolute atomic E-state index is 4.32. The topological polar surface area (TPSA) is 37.8 Å². The third-order valence-electron chi connectivity index (χ3n) is 3.34. The predicted molar refractivity (Wildman–Crippen MR) is 80.6 cm³/mol. The fourth-order valence-electron chi connectivity index (χ4n) is 2.31. The number of aryl methyl sites for hydroxylation is 3. The van der Waals surface area contributed by atoms with E-state index in [0.717, 1.165) is 30.7 Å². The second kappa shape index (κ2) is 6.78. The first-order valence-electron chi connectivity index (χ1n) is 6.77. The third-order valence-corrected chi connectivity index (χ3v) is 4.28. The van der Waals surface area contributed by atoms with E-state index >= 15 is 0 Å². The summed E-state index contributed by atoms with van der Waals surface area (Å²) in [7, 11) is 2.02. The Morgan fingerprint density at radius 1 is 1.37 bits per heavy atom. The molecular weight excluding hydrogens is 254 g/mol. The summed E-state index contributed by atoms with van der Waals surface area (Å²) in [5.41, 5.74) is 3.40. The van der Waals surface area contributed by atoms with Crippen LogP contribution in [0.5, 0.6) is 0 Å². The first-order chi connectivity index (χ1) is 9.24. The molecule has 2 heterocycles. The van der Waals surface area contributed by atoms with Crippen LogP contribution < -0.4 is 5.32 Å². The van der Waals surface area contributed by atoms with Gasteiger partial charge in [0.1, 0.15) is 0 Å². The van der Waals surface area contributed by atoms with E-state index in [2.05, 4.69) is 46.0 Å². The standard InChI is InChI=1S/C15H21N3S/c1-4-14-13(10-11(2)17-18-14)15(16-3)8-7-12-6-5-9-19-12/h5-6,9-10,15-16H,4,7-8H2,1-3H3. The summed E-state index contributed by atoms with van der Waals surface area (Å²) in [5.74, 6) is 0. The van der Waals surface area contributed by atoms with Crippen LogP contribution in [-0.4, -0.2) is 17.2 Å². The van der Waals surface area contributed by atoms with E-state index in [1.807, 2.05) is 25.3 Å². The van der Waals surface area contributed by atoms with Crippen LogP contribution in [0.3, 0.4) is 0 Å². The zero-order valence-corrected chi connectivity index (χ0v) is 12.6. The van der Waals surface area contributed by atoms with Crippen molar-refractivity contribution in [3.05, 3.63) is 45.4 Å². The predicted octanol–water partition coefficient (Wildman–Crippen LogP) is 3.30. The van der Waals surface area contributed by atoms with Crippen LogP contribution in [0.4, 0.5) is 0 Å². The molecule has 4 heteroatoms. The van der Waals surface area contributed by atoms with E-state index in [1.165, 1.54) is 10.4 Å². The molecule has 2 rings (SSSR count). The van der Waals surface area contributed by atoms with Crippen molar-refractivity contribution in [3.63, 3.8) is 0 Å². The summed E-state index contributed by atoms with van der Waals surface area (Å²) in [6.07, 6.45) is 3.13. The highest BCUT2D eigenvalue weighted by Gasteiger charge is 2.15. The minimum Gasteiger partial charge on any atom is -0.313 e. The van der Waals surface area contributed by atoms with Crippen molar-refractivity contribution in [2.24, 2.45) is 0 Å². The van der Waals surface area contributed by atoms with Gasteiger partial charge in [-0.05, 0) is 56.3 Å². The minimum absolute atomic E-state index is 0.353. The highest BCUT2D eigenvalue weighted by atomic mass is 32.1. The van der Waals surface area contributed by atoms with Gasteiger partial charge < -0.3 is 5.32 Å². The second-order valence-corrected chi connectivity index (χ2v) is 5.73. The monoisotopic (exact) mass is 275 g/mol. The maximum Gasteiger partial charge on any atom is 0.0676 e. The van der Waals surface area contributed by atoms with Gasteiger partial charge in [-0.15, -0.1) is 11.3 Å². The van der Waals surface area contributed by atoms with Crippen molar-refractivity contribution in [2.75, 3.05) is 7.05 Å². The van der Waals surface area contributed by atoms with E-state index in [9.17, 15) is 0 Å². The van der Waals surface area contributed by atoms with Crippen LogP contribution in [0, 0.1) is 6.92 Å². The normalized spacial score (nSPS) is 12.6. The van der Waals surface area contributed by atoms with Crippen LogP contribution in [-0.2, 0) is 12.8 Å². The molecule has 2 aromatic heterocycles. The molecule has 0 amide bonds. The Morgan fingerprint density at radius 3 is 2.84 bits per heavy atom. The Bertz CT molecular complexity index is 508. The number of hydrogen-bond acceptors (Lipinski definition) is 4. The summed E-state index contributed by atoms with van der Waals surface area (Å²) in [4.78, 5) is 1.44. The average molecular weight is 275 g/mol. The molecule has 3 nitrogen and oxygen atoms in total. The lowest BCUT2D eigenvalue weighted by atomic mass is 9.99. The van der Waals surface area contributed by atoms with E-state index in [1.54, 1.807) is 0 Å². The van der Waals surface area contributed by atoms with E-state index in [0.29, 0.717) is 6.04 Å². The maximum atomic E-state index is 4.32. The van der Waals surface area contributed by atoms with Gasteiger partial charge >= 0.3 is 0 Å². The SMILES string of the molecule is CCc1nnc(C)cc1C(CCc1cccs1)NC. The van der Waals surface area contributed by atoms with Gasteiger partial charge in [-0.3, -0.25) is 0 Å². The number of nitrogens with one attached hydrogen (secondary N) is 1. The number of rotatable bonds is 6. The van der Waals surface area contributed by atoms with Gasteiger partial charge in [0, 0.05) is 10.9 Å². The van der Waals surface area contributed by atoms with Gasteiger partial charge in [0.15, 0.2) is 0 Å². The fraction of sp³-hybridized carbons (Fsp3) is 0.467. The van der Waals surface area contributed by atoms with Crippen molar-refractivity contribution in [1.29, 1.82) is 0 Å². The van der Waals surface area contributed by atoms with Gasteiger partial charge in [0.2, 0.25) is 0 Å². The molecule has 0 aliphatic carbocycles. The molecule has 0 spiro atoms. The molecule has 1 unspecified atom stereocenters. The molecule has 0 radical (unpaired) electrons. The summed E-state index contributed by atoms with van der Waals surface area (Å²) < 4.78 is 0. The first-order valence-corrected chi connectivity index (χ1v) is 7.65. The highest BCUT2D eigenvalue weighted by molar-refractivity contribution is 7.09. The Balaban J connectivity index is 2.14. The molecule has 0 saturated heterocycles. The van der Waals surface area contributed by atoms with Gasteiger partial charge in [0.25, 0.3) is 0 Å². The lowest BCUT2D eigenvalue weighted by molar-refractivity contribution is 0.541. The van der Waals surface area contributed by atoms with Crippen molar-refractivity contribution >= 4 is 11.3 Å². The molecule has 19 heavy (non-hydrogen) atoms. The quantitative estimate of drug-likeness (QED) is 0.879. The Kier molecular flexibility index (Phi) is 5.05. The molecule has 0 aliphatic heterocycles. The summed E-state index contributed by atoms with van der Waals surface area (Å²) in [6.45, 7) is 4.14. The lowest BCUT2D eigenvalue weighted by Gasteiger charge is -2.19. The van der Waals surface area contributed by atoms with Gasteiger partial charge in [-0.25, -0.2) is 0 Å². The van der Waals surface area contributed by atoms with Crippen LogP contribution in [0.1, 0.15) is 41.2 Å². The van der Waals surface area contributed by atoms with Crippen molar-refractivity contribution < 1.29 is 0 Å². The second-order valence-electron chi connectivity index (χ2n) is 4.70. The summed E-state index contributed by atoms with van der Waals surface area (Å²) in [6, 6.07) is 6.84. The molecule has 102 valence electrons. The highest BCUT2D eigenvalue weighted by Crippen LogP contribution is 2.23. The molecule has 0 bridgehead atoms. The number of aromatic nitrogens is 2. The van der Waals surface area contributed by atoms with Crippen molar-refractivity contribution in [1.82, 2.24) is 15.5 Å². The molecule has 0 saturated carbocycles. The fourth-order valence-corrected chi connectivity index (χ4v) is 3.03. The lowest BCUT2D eigenvalue weighted by Crippen LogP contribution is -2.20. The van der Waals surface area contributed by atoms with Crippen LogP contribution in [0.15, 0.2) is 23.6 Å². The van der Waals surface area contributed by atoms with Crippen LogP contribution in [0.25, 0.3) is 0 Å². The minimum atomic E-state index is 0.353. The molecule has 0 aromatic carbocycles. The zero-order valence-electron chi connectivity index (χ0n) is 11.8. The molecule has 0 fully saturated rings. The summed E-state index contributed by atoms with van der Waals surface area (Å²) >= 11 is 1.83. The number of nitrogens with zero attached hydrogens (tertiary/aromatic N) is 2. The van der Waals surface area contributed by atoms with Gasteiger partial charge in [-0.1, -0.05) is 13.0 Å². The van der Waals surface area contributed by atoms with Crippen LogP contribution in [0.2, 0.25) is 0 Å². The molecular formula is C15H21N3S. The largest absolute Gasteiger partial charge is 0.313 e. The smallest absolute Gasteiger partial charge is 0.0676 e. The van der Waals surface area contributed by atoms with Crippen molar-refractivity contribution in [3.8, 4) is 0 Å². The zero-order chi connectivity index (χ0) is 13.7. The first kappa shape index (κ1) is 14.2. The van der Waals surface area contributed by atoms with Crippen molar-refractivity contribution in [2.45, 2.75) is 39.2 Å². The summed E-state index contributed by atoms with van der Waals surface area (Å²) in [5, 5.41) is 14.0. The number of thiophene rings is 1. The van der Waals surface area contributed by atoms with Gasteiger partial charge in [-0.2, -0.15) is 10.2 Å². The molecule has 1 N–H and O–H groups in total. The third kappa shape index (κ3) is 3.61. The van der Waals surface area contributed by atoms with E-state index < -0.39 is 0 Å². The number of hydrogen-bond donors (Lipinski definition) is 1. The Morgan fingerprint density at radius 2 is 2.21 bits per heavy atom. The van der Waals surface area contributed by atoms with Gasteiger partial charge in [0.05, 0.1) is 11.4 Å². The molecule has 0 aliphatic rings. The van der Waals surface area contributed by atoms with E-state index in [4.69, 9.17) is 0 Å². The van der Waals surface area contributed by atoms with Crippen LogP contribution >= 0.6 is 11.3 Å². The Hall–Kier alpha value is -1.26. The van der Waals surface area contributed by atoms with E-state index in [-0.39, 0.29) is 0 Å².